The van der Waals surface area contributed by atoms with Crippen molar-refractivity contribution in [3.05, 3.63) is 29.8 Å². The maximum atomic E-state index is 12.5. The van der Waals surface area contributed by atoms with Crippen molar-refractivity contribution in [3.8, 4) is 0 Å². The van der Waals surface area contributed by atoms with Crippen molar-refractivity contribution in [2.24, 2.45) is 23.5 Å². The van der Waals surface area contributed by atoms with Crippen LogP contribution in [0.1, 0.15) is 24.8 Å². The SMILES string of the molecule is CS(=O)Cc1cccc(NC(=O)C2C3CCC(C3)C2N)c1. The van der Waals surface area contributed by atoms with Gasteiger partial charge < -0.3 is 11.1 Å². The fourth-order valence-corrected chi connectivity index (χ4v) is 4.57. The third-order valence-electron chi connectivity index (χ3n) is 4.85. The highest BCUT2D eigenvalue weighted by atomic mass is 32.2. The fraction of sp³-hybridized carbons (Fsp3) is 0.562. The highest BCUT2D eigenvalue weighted by molar-refractivity contribution is 7.83. The number of hydrogen-bond acceptors (Lipinski definition) is 3. The van der Waals surface area contributed by atoms with Gasteiger partial charge >= 0.3 is 0 Å². The average molecular weight is 306 g/mol. The Hall–Kier alpha value is -1.20. The van der Waals surface area contributed by atoms with Gasteiger partial charge in [-0.15, -0.1) is 0 Å². The molecular weight excluding hydrogens is 284 g/mol. The molecule has 0 radical (unpaired) electrons. The zero-order valence-electron chi connectivity index (χ0n) is 12.2. The van der Waals surface area contributed by atoms with Crippen LogP contribution in [0.5, 0.6) is 0 Å². The Kier molecular flexibility index (Phi) is 4.13. The van der Waals surface area contributed by atoms with Crippen LogP contribution >= 0.6 is 0 Å². The molecular formula is C16H22N2O2S. The Balaban J connectivity index is 1.69. The molecule has 3 rings (SSSR count). The molecule has 5 heteroatoms. The van der Waals surface area contributed by atoms with E-state index in [9.17, 15) is 9.00 Å². The van der Waals surface area contributed by atoms with E-state index < -0.39 is 10.8 Å². The van der Waals surface area contributed by atoms with Gasteiger partial charge in [-0.1, -0.05) is 12.1 Å². The van der Waals surface area contributed by atoms with Crippen molar-refractivity contribution in [2.75, 3.05) is 11.6 Å². The molecule has 0 heterocycles. The Labute approximate surface area is 127 Å². The summed E-state index contributed by atoms with van der Waals surface area (Å²) in [6.07, 6.45) is 5.09. The first-order valence-electron chi connectivity index (χ1n) is 7.50. The lowest BCUT2D eigenvalue weighted by Gasteiger charge is -2.27. The predicted octanol–water partition coefficient (Wildman–Crippen LogP) is 1.88. The van der Waals surface area contributed by atoms with Crippen LogP contribution in [0.25, 0.3) is 0 Å². The molecule has 1 aromatic carbocycles. The molecule has 2 fully saturated rings. The number of fused-ring (bicyclic) bond motifs is 2. The summed E-state index contributed by atoms with van der Waals surface area (Å²) in [7, 11) is -0.879. The summed E-state index contributed by atoms with van der Waals surface area (Å²) in [5, 5.41) is 2.99. The third-order valence-corrected chi connectivity index (χ3v) is 5.59. The van der Waals surface area contributed by atoms with E-state index in [0.717, 1.165) is 24.1 Å². The number of carbonyl (C=O) groups excluding carboxylic acids is 1. The molecule has 0 saturated heterocycles. The molecule has 0 aliphatic heterocycles. The van der Waals surface area contributed by atoms with E-state index in [0.29, 0.717) is 17.6 Å². The van der Waals surface area contributed by atoms with Crippen LogP contribution in [-0.2, 0) is 21.3 Å². The van der Waals surface area contributed by atoms with Crippen molar-refractivity contribution in [1.29, 1.82) is 0 Å². The number of nitrogens with one attached hydrogen (secondary N) is 1. The summed E-state index contributed by atoms with van der Waals surface area (Å²) in [5.41, 5.74) is 7.97. The number of nitrogens with two attached hydrogens (primary N) is 1. The topological polar surface area (TPSA) is 72.2 Å². The highest BCUT2D eigenvalue weighted by Crippen LogP contribution is 2.47. The minimum absolute atomic E-state index is 0.00933. The van der Waals surface area contributed by atoms with Gasteiger partial charge in [0.15, 0.2) is 0 Å². The zero-order chi connectivity index (χ0) is 15.0. The first-order valence-corrected chi connectivity index (χ1v) is 9.22. The number of rotatable bonds is 4. The zero-order valence-corrected chi connectivity index (χ0v) is 13.1. The summed E-state index contributed by atoms with van der Waals surface area (Å²) in [6.45, 7) is 0. The number of benzene rings is 1. The van der Waals surface area contributed by atoms with Crippen LogP contribution in [0.3, 0.4) is 0 Å². The molecule has 2 bridgehead atoms. The predicted molar refractivity (Wildman–Crippen MR) is 85.1 cm³/mol. The van der Waals surface area contributed by atoms with Gasteiger partial charge in [0.05, 0.1) is 5.92 Å². The van der Waals surface area contributed by atoms with Crippen LogP contribution in [0.4, 0.5) is 5.69 Å². The van der Waals surface area contributed by atoms with Crippen molar-refractivity contribution < 1.29 is 9.00 Å². The lowest BCUT2D eigenvalue weighted by Crippen LogP contribution is -2.42. The molecule has 2 saturated carbocycles. The minimum atomic E-state index is -0.879. The van der Waals surface area contributed by atoms with E-state index in [2.05, 4.69) is 5.32 Å². The van der Waals surface area contributed by atoms with Crippen LogP contribution in [-0.4, -0.2) is 22.4 Å². The summed E-state index contributed by atoms with van der Waals surface area (Å²) >= 11 is 0. The van der Waals surface area contributed by atoms with Crippen LogP contribution in [0, 0.1) is 17.8 Å². The Morgan fingerprint density at radius 1 is 1.38 bits per heavy atom. The lowest BCUT2D eigenvalue weighted by molar-refractivity contribution is -0.121. The van der Waals surface area contributed by atoms with Crippen molar-refractivity contribution >= 4 is 22.4 Å². The van der Waals surface area contributed by atoms with Gasteiger partial charge in [0.1, 0.15) is 0 Å². The molecule has 2 aliphatic rings. The van der Waals surface area contributed by atoms with Crippen molar-refractivity contribution in [3.63, 3.8) is 0 Å². The van der Waals surface area contributed by atoms with Gasteiger partial charge in [-0.2, -0.15) is 0 Å². The summed E-state index contributed by atoms with van der Waals surface area (Å²) in [6, 6.07) is 7.60. The second-order valence-corrected chi connectivity index (χ2v) is 7.78. The van der Waals surface area contributed by atoms with Gasteiger partial charge in [-0.3, -0.25) is 9.00 Å². The van der Waals surface area contributed by atoms with E-state index in [1.54, 1.807) is 6.26 Å². The molecule has 3 N–H and O–H groups in total. The summed E-state index contributed by atoms with van der Waals surface area (Å²) < 4.78 is 11.3. The standard InChI is InChI=1S/C16H22N2O2S/c1-21(20)9-10-3-2-4-13(7-10)18-16(19)14-11-5-6-12(8-11)15(14)17/h2-4,7,11-12,14-15H,5-6,8-9,17H2,1H3,(H,18,19). The average Bonchev–Trinajstić information content (AvgIpc) is 2.98. The van der Waals surface area contributed by atoms with Gasteiger partial charge in [-0.05, 0) is 48.8 Å². The van der Waals surface area contributed by atoms with E-state index in [-0.39, 0.29) is 17.9 Å². The van der Waals surface area contributed by atoms with Crippen LogP contribution in [0.2, 0.25) is 0 Å². The largest absolute Gasteiger partial charge is 0.327 e. The van der Waals surface area contributed by atoms with E-state index in [1.165, 1.54) is 6.42 Å². The number of anilines is 1. The van der Waals surface area contributed by atoms with E-state index in [1.807, 2.05) is 24.3 Å². The highest BCUT2D eigenvalue weighted by Gasteiger charge is 2.49. The first-order chi connectivity index (χ1) is 10.0. The molecule has 0 spiro atoms. The summed E-state index contributed by atoms with van der Waals surface area (Å²) in [5.74, 6) is 1.49. The fourth-order valence-electron chi connectivity index (χ4n) is 3.92. The van der Waals surface area contributed by atoms with Crippen molar-refractivity contribution in [1.82, 2.24) is 0 Å². The Morgan fingerprint density at radius 2 is 2.14 bits per heavy atom. The van der Waals surface area contributed by atoms with Gasteiger partial charge in [0, 0.05) is 34.5 Å². The van der Waals surface area contributed by atoms with E-state index >= 15 is 0 Å². The maximum Gasteiger partial charge on any atom is 0.229 e. The quantitative estimate of drug-likeness (QED) is 0.892. The Morgan fingerprint density at radius 3 is 2.81 bits per heavy atom. The maximum absolute atomic E-state index is 12.5. The first kappa shape index (κ1) is 14.7. The molecule has 5 unspecified atom stereocenters. The lowest BCUT2D eigenvalue weighted by atomic mass is 9.84. The molecule has 1 amide bonds. The monoisotopic (exact) mass is 306 g/mol. The van der Waals surface area contributed by atoms with Crippen molar-refractivity contribution in [2.45, 2.75) is 31.1 Å². The molecule has 5 atom stereocenters. The number of amides is 1. The number of carbonyl (C=O) groups is 1. The normalized spacial score (nSPS) is 32.1. The van der Waals surface area contributed by atoms with Gasteiger partial charge in [0.2, 0.25) is 5.91 Å². The second-order valence-electron chi connectivity index (χ2n) is 6.34. The molecule has 4 nitrogen and oxygen atoms in total. The smallest absolute Gasteiger partial charge is 0.229 e. The van der Waals surface area contributed by atoms with Gasteiger partial charge in [-0.25, -0.2) is 0 Å². The third kappa shape index (κ3) is 3.04. The molecule has 1 aromatic rings. The molecule has 21 heavy (non-hydrogen) atoms. The second kappa shape index (κ2) is 5.89. The molecule has 114 valence electrons. The molecule has 0 aromatic heterocycles. The van der Waals surface area contributed by atoms with E-state index in [4.69, 9.17) is 5.73 Å². The Bertz CT molecular complexity index is 573. The van der Waals surface area contributed by atoms with Gasteiger partial charge in [0.25, 0.3) is 0 Å². The van der Waals surface area contributed by atoms with Crippen LogP contribution in [0.15, 0.2) is 24.3 Å². The summed E-state index contributed by atoms with van der Waals surface area (Å²) in [4.78, 5) is 12.5. The van der Waals surface area contributed by atoms with Crippen LogP contribution < -0.4 is 11.1 Å². The molecule has 2 aliphatic carbocycles. The number of hydrogen-bond donors (Lipinski definition) is 2. The minimum Gasteiger partial charge on any atom is -0.327 e.